The Morgan fingerprint density at radius 2 is 1.81 bits per heavy atom. The van der Waals surface area contributed by atoms with Gasteiger partial charge in [0.15, 0.2) is 0 Å². The lowest BCUT2D eigenvalue weighted by Gasteiger charge is -2.15. The van der Waals surface area contributed by atoms with Crippen LogP contribution in [0.1, 0.15) is 22.7 Å². The Morgan fingerprint density at radius 3 is 2.38 bits per heavy atom. The van der Waals surface area contributed by atoms with Crippen LogP contribution in [0.15, 0.2) is 36.7 Å². The van der Waals surface area contributed by atoms with E-state index in [1.807, 2.05) is 0 Å². The van der Waals surface area contributed by atoms with Gasteiger partial charge in [-0.05, 0) is 29.8 Å². The van der Waals surface area contributed by atoms with Gasteiger partial charge in [-0.1, -0.05) is 0 Å². The number of hydrogen-bond acceptors (Lipinski definition) is 3. The number of alkyl halides is 3. The molecule has 21 heavy (non-hydrogen) atoms. The number of nitrogens with two attached hydrogens (primary N) is 1. The van der Waals surface area contributed by atoms with Gasteiger partial charge in [0.05, 0.1) is 11.3 Å². The molecule has 0 aliphatic rings. The summed E-state index contributed by atoms with van der Waals surface area (Å²) >= 11 is 0. The molecule has 2 rings (SSSR count). The maximum absolute atomic E-state index is 13.1. The molecule has 4 nitrogen and oxygen atoms in total. The Morgan fingerprint density at radius 1 is 1.14 bits per heavy atom. The highest BCUT2D eigenvalue weighted by atomic mass is 19.4. The molecule has 2 aromatic heterocycles. The summed E-state index contributed by atoms with van der Waals surface area (Å²) in [7, 11) is 0. The lowest BCUT2D eigenvalue weighted by Crippen LogP contribution is -2.24. The fourth-order valence-electron chi connectivity index (χ4n) is 1.86. The van der Waals surface area contributed by atoms with Crippen LogP contribution in [-0.2, 0) is 11.0 Å². The first-order valence-corrected chi connectivity index (χ1v) is 5.73. The first-order chi connectivity index (χ1) is 9.79. The van der Waals surface area contributed by atoms with Gasteiger partial charge in [0.2, 0.25) is 11.9 Å². The number of pyridine rings is 2. The molecule has 0 spiro atoms. The molecule has 0 aromatic carbocycles. The molecule has 2 aromatic rings. The second kappa shape index (κ2) is 5.47. The molecule has 0 saturated heterocycles. The van der Waals surface area contributed by atoms with E-state index in [0.717, 1.165) is 24.5 Å². The molecule has 1 amide bonds. The van der Waals surface area contributed by atoms with Crippen LogP contribution in [0.25, 0.3) is 0 Å². The van der Waals surface area contributed by atoms with Gasteiger partial charge in [-0.3, -0.25) is 9.78 Å². The topological polar surface area (TPSA) is 68.9 Å². The quantitative estimate of drug-likeness (QED) is 0.698. The molecule has 0 fully saturated rings. The average Bonchev–Trinajstić information content (AvgIpc) is 2.38. The van der Waals surface area contributed by atoms with Crippen molar-refractivity contribution in [2.24, 2.45) is 5.73 Å². The van der Waals surface area contributed by atoms with Gasteiger partial charge in [0.1, 0.15) is 5.92 Å². The first kappa shape index (κ1) is 14.9. The van der Waals surface area contributed by atoms with Gasteiger partial charge < -0.3 is 5.73 Å². The monoisotopic (exact) mass is 299 g/mol. The number of carbonyl (C=O) groups excluding carboxylic acids is 1. The van der Waals surface area contributed by atoms with Gasteiger partial charge in [-0.15, -0.1) is 0 Å². The number of carbonyl (C=O) groups is 1. The Hall–Kier alpha value is -2.51. The van der Waals surface area contributed by atoms with Crippen molar-refractivity contribution in [2.75, 3.05) is 0 Å². The zero-order valence-electron chi connectivity index (χ0n) is 10.4. The number of aromatic nitrogens is 2. The van der Waals surface area contributed by atoms with Crippen molar-refractivity contribution in [1.82, 2.24) is 9.97 Å². The Balaban J connectivity index is 2.52. The van der Waals surface area contributed by atoms with Crippen LogP contribution in [0.3, 0.4) is 0 Å². The summed E-state index contributed by atoms with van der Waals surface area (Å²) < 4.78 is 51.2. The van der Waals surface area contributed by atoms with E-state index in [-0.39, 0.29) is 11.3 Å². The number of amides is 1. The molecule has 0 radical (unpaired) electrons. The molecular formula is C13H9F4N3O. The van der Waals surface area contributed by atoms with Crippen molar-refractivity contribution >= 4 is 5.91 Å². The van der Waals surface area contributed by atoms with Crippen molar-refractivity contribution in [3.8, 4) is 0 Å². The molecule has 0 saturated carbocycles. The minimum Gasteiger partial charge on any atom is -0.369 e. The van der Waals surface area contributed by atoms with E-state index >= 15 is 0 Å². The highest BCUT2D eigenvalue weighted by molar-refractivity contribution is 5.85. The third-order valence-electron chi connectivity index (χ3n) is 2.77. The molecule has 2 N–H and O–H groups in total. The van der Waals surface area contributed by atoms with Crippen molar-refractivity contribution in [3.63, 3.8) is 0 Å². The van der Waals surface area contributed by atoms with Gasteiger partial charge >= 0.3 is 6.18 Å². The second-order valence-electron chi connectivity index (χ2n) is 4.21. The normalized spacial score (nSPS) is 13.0. The SMILES string of the molecule is NC(=O)C(c1ccnc(F)c1)c1cc(C(F)(F)F)ccn1. The van der Waals surface area contributed by atoms with Crippen molar-refractivity contribution in [1.29, 1.82) is 0 Å². The predicted octanol–water partition coefficient (Wildman–Crippen LogP) is 2.25. The summed E-state index contributed by atoms with van der Waals surface area (Å²) in [6.07, 6.45) is -2.57. The van der Waals surface area contributed by atoms with E-state index in [0.29, 0.717) is 6.07 Å². The van der Waals surface area contributed by atoms with E-state index in [1.165, 1.54) is 6.07 Å². The first-order valence-electron chi connectivity index (χ1n) is 5.73. The van der Waals surface area contributed by atoms with Crippen LogP contribution in [-0.4, -0.2) is 15.9 Å². The minimum atomic E-state index is -4.58. The van der Waals surface area contributed by atoms with Crippen molar-refractivity contribution in [3.05, 3.63) is 59.4 Å². The Labute approximate surface area is 116 Å². The molecule has 1 atom stereocenters. The summed E-state index contributed by atoms with van der Waals surface area (Å²) in [6.45, 7) is 0. The summed E-state index contributed by atoms with van der Waals surface area (Å²) in [5.74, 6) is -3.09. The fourth-order valence-corrected chi connectivity index (χ4v) is 1.86. The number of hydrogen-bond donors (Lipinski definition) is 1. The highest BCUT2D eigenvalue weighted by Gasteiger charge is 2.32. The van der Waals surface area contributed by atoms with Crippen LogP contribution >= 0.6 is 0 Å². The van der Waals surface area contributed by atoms with E-state index in [2.05, 4.69) is 9.97 Å². The van der Waals surface area contributed by atoms with Crippen LogP contribution in [0.4, 0.5) is 17.6 Å². The smallest absolute Gasteiger partial charge is 0.369 e. The maximum Gasteiger partial charge on any atom is 0.416 e. The van der Waals surface area contributed by atoms with Crippen molar-refractivity contribution in [2.45, 2.75) is 12.1 Å². The molecule has 2 heterocycles. The minimum absolute atomic E-state index is 0.0850. The molecule has 0 aliphatic heterocycles. The maximum atomic E-state index is 13.1. The lowest BCUT2D eigenvalue weighted by atomic mass is 9.94. The van der Waals surface area contributed by atoms with Crippen molar-refractivity contribution < 1.29 is 22.4 Å². The average molecular weight is 299 g/mol. The summed E-state index contributed by atoms with van der Waals surface area (Å²) in [4.78, 5) is 18.6. The van der Waals surface area contributed by atoms with E-state index < -0.39 is 29.5 Å². The Bertz CT molecular complexity index is 672. The summed E-state index contributed by atoms with van der Waals surface area (Å²) in [5.41, 5.74) is 4.12. The molecule has 0 aliphatic carbocycles. The van der Waals surface area contributed by atoms with E-state index in [1.54, 1.807) is 0 Å². The van der Waals surface area contributed by atoms with E-state index in [9.17, 15) is 22.4 Å². The third kappa shape index (κ3) is 3.33. The zero-order chi connectivity index (χ0) is 15.6. The van der Waals surface area contributed by atoms with Gasteiger partial charge in [0.25, 0.3) is 0 Å². The number of nitrogens with zero attached hydrogens (tertiary/aromatic N) is 2. The van der Waals surface area contributed by atoms with Crippen LogP contribution in [0.2, 0.25) is 0 Å². The molecule has 8 heteroatoms. The fraction of sp³-hybridized carbons (Fsp3) is 0.154. The van der Waals surface area contributed by atoms with Gasteiger partial charge in [-0.25, -0.2) is 4.98 Å². The summed E-state index contributed by atoms with van der Waals surface area (Å²) in [6, 6.07) is 3.71. The number of primary amides is 1. The zero-order valence-corrected chi connectivity index (χ0v) is 10.4. The lowest BCUT2D eigenvalue weighted by molar-refractivity contribution is -0.137. The second-order valence-corrected chi connectivity index (χ2v) is 4.21. The van der Waals surface area contributed by atoms with Gasteiger partial charge in [-0.2, -0.15) is 17.6 Å². The summed E-state index contributed by atoms with van der Waals surface area (Å²) in [5, 5.41) is 0. The Kier molecular flexibility index (Phi) is 3.88. The standard InChI is InChI=1S/C13H9F4N3O/c14-10-5-7(1-3-20-10)11(12(18)21)9-6-8(2-4-19-9)13(15,16)17/h1-6,11H,(H2,18,21). The van der Waals surface area contributed by atoms with Crippen LogP contribution in [0, 0.1) is 5.95 Å². The largest absolute Gasteiger partial charge is 0.416 e. The van der Waals surface area contributed by atoms with E-state index in [4.69, 9.17) is 5.73 Å². The number of halogens is 4. The molecule has 0 bridgehead atoms. The van der Waals surface area contributed by atoms with Crippen LogP contribution in [0.5, 0.6) is 0 Å². The number of rotatable bonds is 3. The molecular weight excluding hydrogens is 290 g/mol. The predicted molar refractivity (Wildman–Crippen MR) is 64.5 cm³/mol. The van der Waals surface area contributed by atoms with Gasteiger partial charge in [0, 0.05) is 12.4 Å². The molecule has 110 valence electrons. The van der Waals surface area contributed by atoms with Crippen LogP contribution < -0.4 is 5.73 Å². The third-order valence-corrected chi connectivity index (χ3v) is 2.77. The highest BCUT2D eigenvalue weighted by Crippen LogP contribution is 2.31. The molecule has 1 unspecified atom stereocenters.